The Morgan fingerprint density at radius 1 is 0.581 bits per heavy atom. The minimum Gasteiger partial charge on any atom is -0.347 e. The van der Waals surface area contributed by atoms with Crippen LogP contribution in [0.25, 0.3) is 21.5 Å². The van der Waals surface area contributed by atoms with E-state index < -0.39 is 0 Å². The normalized spacial score (nSPS) is 18.4. The molecule has 4 aromatic carbocycles. The number of hydrogen-bond acceptors (Lipinski definition) is 6. The average molecular weight is 563 g/mol. The van der Waals surface area contributed by atoms with E-state index in [1.54, 1.807) is 0 Å². The first-order valence-corrected chi connectivity index (χ1v) is 14.6. The molecule has 9 rings (SSSR count). The number of benzene rings is 4. The monoisotopic (exact) mass is 562 g/mol. The fraction of sp³-hybridized carbons (Fsp3) is 0.143. The number of rotatable bonds is 0. The van der Waals surface area contributed by atoms with Crippen LogP contribution in [0, 0.1) is 0 Å². The summed E-state index contributed by atoms with van der Waals surface area (Å²) in [6.07, 6.45) is -0.351. The van der Waals surface area contributed by atoms with Gasteiger partial charge in [0.15, 0.2) is 0 Å². The summed E-state index contributed by atoms with van der Waals surface area (Å²) in [5, 5.41) is 16.0. The van der Waals surface area contributed by atoms with Gasteiger partial charge in [-0.25, -0.2) is 9.98 Å². The van der Waals surface area contributed by atoms with Gasteiger partial charge in [0.25, 0.3) is 0 Å². The van der Waals surface area contributed by atoms with Gasteiger partial charge in [0.2, 0.25) is 0 Å². The third-order valence-corrected chi connectivity index (χ3v) is 9.17. The molecule has 3 N–H and O–H groups in total. The molecule has 0 fully saturated rings. The quantitative estimate of drug-likeness (QED) is 0.185. The van der Waals surface area contributed by atoms with Crippen LogP contribution in [0.2, 0.25) is 0 Å². The van der Waals surface area contributed by atoms with Gasteiger partial charge in [-0.1, -0.05) is 97.1 Å². The molecule has 6 aromatic rings. The van der Waals surface area contributed by atoms with Crippen molar-refractivity contribution in [3.8, 4) is 0 Å². The third kappa shape index (κ3) is 3.31. The first kappa shape index (κ1) is 24.1. The van der Waals surface area contributed by atoms with E-state index in [1.165, 1.54) is 5.56 Å². The molecular weight excluding hydrogens is 532 g/mol. The predicted octanol–water partition coefficient (Wildman–Crippen LogP) is 7.10. The maximum absolute atomic E-state index is 5.40. The summed E-state index contributed by atoms with van der Waals surface area (Å²) in [7, 11) is 6.32. The fourth-order valence-electron chi connectivity index (χ4n) is 7.03. The number of nitrogens with zero attached hydrogens (tertiary/aromatic N) is 5. The van der Waals surface area contributed by atoms with Crippen molar-refractivity contribution < 1.29 is 0 Å². The Morgan fingerprint density at radius 2 is 1.16 bits per heavy atom. The van der Waals surface area contributed by atoms with Gasteiger partial charge in [0.1, 0.15) is 47.3 Å². The Balaban J connectivity index is 1.34. The minimum atomic E-state index is -0.248. The van der Waals surface area contributed by atoms with E-state index in [-0.39, 0.29) is 12.3 Å². The Morgan fingerprint density at radius 3 is 1.91 bits per heavy atom. The molecule has 8 bridgehead atoms. The van der Waals surface area contributed by atoms with Crippen LogP contribution in [-0.2, 0) is 14.1 Å². The van der Waals surface area contributed by atoms with E-state index in [0.29, 0.717) is 0 Å². The highest BCUT2D eigenvalue weighted by atomic mass is 15.4. The highest BCUT2D eigenvalue weighted by Crippen LogP contribution is 2.43. The number of aliphatic imine (C=N–C) groups is 2. The molecule has 210 valence electrons. The molecule has 2 aromatic heterocycles. The van der Waals surface area contributed by atoms with Gasteiger partial charge >= 0.3 is 0 Å². The summed E-state index contributed by atoms with van der Waals surface area (Å²) >= 11 is 0. The summed E-state index contributed by atoms with van der Waals surface area (Å²) in [5.41, 5.74) is 4.55. The van der Waals surface area contributed by atoms with Crippen molar-refractivity contribution in [2.75, 3.05) is 23.0 Å². The van der Waals surface area contributed by atoms with Crippen LogP contribution in [0.4, 0.5) is 23.3 Å². The summed E-state index contributed by atoms with van der Waals surface area (Å²) < 4.78 is 4.38. The summed E-state index contributed by atoms with van der Waals surface area (Å²) in [4.78, 5) is 12.9. The molecule has 0 radical (unpaired) electrons. The lowest BCUT2D eigenvalue weighted by molar-refractivity contribution is 0.432. The molecule has 0 saturated heterocycles. The molecule has 2 atom stereocenters. The Bertz CT molecular complexity index is 2180. The van der Waals surface area contributed by atoms with Crippen molar-refractivity contribution >= 4 is 56.5 Å². The molecule has 5 heterocycles. The van der Waals surface area contributed by atoms with Crippen molar-refractivity contribution in [2.45, 2.75) is 12.3 Å². The molecule has 3 aliphatic rings. The first-order chi connectivity index (χ1) is 21.1. The van der Waals surface area contributed by atoms with E-state index in [9.17, 15) is 0 Å². The van der Waals surface area contributed by atoms with Crippen molar-refractivity contribution in [3.63, 3.8) is 0 Å². The van der Waals surface area contributed by atoms with Crippen molar-refractivity contribution in [3.05, 3.63) is 119 Å². The van der Waals surface area contributed by atoms with Crippen LogP contribution in [0.3, 0.4) is 0 Å². The van der Waals surface area contributed by atoms with Gasteiger partial charge in [-0.2, -0.15) is 0 Å². The number of fused-ring (bicyclic) bond motifs is 19. The lowest BCUT2D eigenvalue weighted by Gasteiger charge is -2.26. The average Bonchev–Trinajstić information content (AvgIpc) is 3.69. The van der Waals surface area contributed by atoms with E-state index in [4.69, 9.17) is 9.98 Å². The molecule has 8 nitrogen and oxygen atoms in total. The Kier molecular flexibility index (Phi) is 4.91. The molecule has 3 aliphatic heterocycles. The van der Waals surface area contributed by atoms with Gasteiger partial charge in [0, 0.05) is 64.9 Å². The molecule has 0 aliphatic carbocycles. The van der Waals surface area contributed by atoms with E-state index >= 15 is 0 Å². The van der Waals surface area contributed by atoms with Crippen molar-refractivity contribution in [1.82, 2.24) is 14.0 Å². The maximum Gasteiger partial charge on any atom is 0.148 e. The smallest absolute Gasteiger partial charge is 0.148 e. The molecule has 43 heavy (non-hydrogen) atoms. The molecule has 8 heteroatoms. The topological polar surface area (TPSA) is 73.9 Å². The lowest BCUT2D eigenvalue weighted by Crippen LogP contribution is -2.29. The number of hydrogen-bond donors (Lipinski definition) is 3. The van der Waals surface area contributed by atoms with Crippen molar-refractivity contribution in [1.29, 1.82) is 0 Å². The fourth-order valence-corrected chi connectivity index (χ4v) is 7.03. The van der Waals surface area contributed by atoms with E-state index in [2.05, 4.69) is 148 Å². The summed E-state index contributed by atoms with van der Waals surface area (Å²) in [6.45, 7) is 0. The number of nitrogens with one attached hydrogen (secondary N) is 3. The molecule has 0 amide bonds. The highest BCUT2D eigenvalue weighted by molar-refractivity contribution is 6.16. The van der Waals surface area contributed by atoms with Gasteiger partial charge in [-0.3, -0.25) is 0 Å². The zero-order valence-electron chi connectivity index (χ0n) is 24.1. The van der Waals surface area contributed by atoms with E-state index in [0.717, 1.165) is 73.2 Å². The zero-order chi connectivity index (χ0) is 28.8. The summed E-state index contributed by atoms with van der Waals surface area (Å²) in [6, 6.07) is 34.1. The second kappa shape index (κ2) is 8.75. The highest BCUT2D eigenvalue weighted by Gasteiger charge is 2.35. The number of aromatic nitrogens is 2. The Labute approximate surface area is 249 Å². The van der Waals surface area contributed by atoms with Crippen LogP contribution >= 0.6 is 0 Å². The van der Waals surface area contributed by atoms with Gasteiger partial charge in [-0.15, -0.1) is 0 Å². The molecular formula is C35H30N8. The van der Waals surface area contributed by atoms with Crippen LogP contribution < -0.4 is 16.0 Å². The van der Waals surface area contributed by atoms with Gasteiger partial charge in [-0.05, 0) is 0 Å². The molecule has 0 spiro atoms. The van der Waals surface area contributed by atoms with Crippen LogP contribution in [0.1, 0.15) is 34.6 Å². The van der Waals surface area contributed by atoms with Crippen LogP contribution in [0.5, 0.6) is 0 Å². The van der Waals surface area contributed by atoms with Crippen LogP contribution in [-0.4, -0.2) is 32.8 Å². The van der Waals surface area contributed by atoms with Gasteiger partial charge in [0.05, 0.1) is 0 Å². The zero-order valence-corrected chi connectivity index (χ0v) is 24.1. The standard InChI is InChI=1S/C35H30N8/c1-41-30-22-14-6-8-16-24(22)32(41)39-34-26-18-10-11-19-27(26)35(43(34)3)40-33-25-17-9-7-15-23(25)31(42(33)2)38-29-21-13-5-4-12-20(21)28(36-29)37-30/h4-19,28,34,37,39H,1-3H3,(H,36,38). The minimum absolute atomic E-state index is 0.103. The molecule has 0 saturated carbocycles. The number of amidine groups is 2. The maximum atomic E-state index is 5.40. The predicted molar refractivity (Wildman–Crippen MR) is 176 cm³/mol. The summed E-state index contributed by atoms with van der Waals surface area (Å²) in [5.74, 6) is 5.69. The van der Waals surface area contributed by atoms with Crippen molar-refractivity contribution in [2.24, 2.45) is 24.1 Å². The Hall–Kier alpha value is -5.50. The third-order valence-electron chi connectivity index (χ3n) is 9.17. The van der Waals surface area contributed by atoms with E-state index in [1.807, 2.05) is 0 Å². The number of anilines is 3. The largest absolute Gasteiger partial charge is 0.347 e. The van der Waals surface area contributed by atoms with Gasteiger partial charge < -0.3 is 30.0 Å². The second-order valence-corrected chi connectivity index (χ2v) is 11.5. The second-order valence-electron chi connectivity index (χ2n) is 11.5. The first-order valence-electron chi connectivity index (χ1n) is 14.6. The lowest BCUT2D eigenvalue weighted by atomic mass is 10.1. The van der Waals surface area contributed by atoms with Crippen LogP contribution in [0.15, 0.2) is 107 Å². The molecule has 2 unspecified atom stereocenters. The SMILES string of the molecule is CN1C2=Nc3c4ccccc4c(n3C)NC3=NC(Nc4c5ccccc5c(n4C)NC1c1ccccc12)c1ccccc13.